The molecule has 0 atom stereocenters. The van der Waals surface area contributed by atoms with Crippen molar-refractivity contribution in [2.45, 2.75) is 0 Å². The van der Waals surface area contributed by atoms with Crippen molar-refractivity contribution in [3.8, 4) is 0 Å². The maximum absolute atomic E-state index is 10.8. The number of halogens is 1. The van der Waals surface area contributed by atoms with Gasteiger partial charge in [0.05, 0.1) is 0 Å². The highest BCUT2D eigenvalue weighted by atomic mass is 35.5. The van der Waals surface area contributed by atoms with E-state index in [1.54, 1.807) is 24.3 Å². The molecular formula is C7H6ClNO. The van der Waals surface area contributed by atoms with Crippen LogP contribution in [0.5, 0.6) is 0 Å². The van der Waals surface area contributed by atoms with Gasteiger partial charge in [0, 0.05) is 17.3 Å². The summed E-state index contributed by atoms with van der Waals surface area (Å²) < 4.78 is 0. The fourth-order valence-corrected chi connectivity index (χ4v) is 0.753. The Morgan fingerprint density at radius 3 is 2.40 bits per heavy atom. The largest absolute Gasteiger partial charge is 0.268 e. The third-order valence-corrected chi connectivity index (χ3v) is 1.29. The van der Waals surface area contributed by atoms with Gasteiger partial charge in [-0.05, 0) is 12.1 Å². The molecule has 0 spiro atoms. The van der Waals surface area contributed by atoms with Crippen molar-refractivity contribution < 1.29 is 4.79 Å². The number of amides is 1. The van der Waals surface area contributed by atoms with Crippen LogP contribution >= 0.6 is 11.8 Å². The van der Waals surface area contributed by atoms with E-state index in [1.807, 2.05) is 10.9 Å². The molecule has 0 unspecified atom stereocenters. The maximum atomic E-state index is 10.8. The summed E-state index contributed by atoms with van der Waals surface area (Å²) in [5.74, 6) is -0.276. The summed E-state index contributed by atoms with van der Waals surface area (Å²) in [6, 6.07) is 8.78. The van der Waals surface area contributed by atoms with Crippen molar-refractivity contribution in [3.63, 3.8) is 0 Å². The molecule has 0 aliphatic heterocycles. The Kier molecular flexibility index (Phi) is 2.29. The average molecular weight is 156 g/mol. The van der Waals surface area contributed by atoms with Crippen LogP contribution in [0.4, 0.5) is 0 Å². The summed E-state index contributed by atoms with van der Waals surface area (Å²) in [4.78, 5) is 12.8. The van der Waals surface area contributed by atoms with E-state index in [1.165, 1.54) is 0 Å². The molecule has 0 saturated carbocycles. The Morgan fingerprint density at radius 1 is 1.30 bits per heavy atom. The topological polar surface area (TPSA) is 29.1 Å². The monoisotopic (exact) mass is 155 g/mol. The van der Waals surface area contributed by atoms with Crippen LogP contribution in [0.25, 0.3) is 0 Å². The lowest BCUT2D eigenvalue weighted by atomic mass is 10.2. The first-order valence-electron chi connectivity index (χ1n) is 2.80. The van der Waals surface area contributed by atoms with Gasteiger partial charge in [0.1, 0.15) is 0 Å². The zero-order valence-corrected chi connectivity index (χ0v) is 5.93. The van der Waals surface area contributed by atoms with Gasteiger partial charge in [-0.2, -0.15) is 0 Å². The standard InChI is InChI=1S/C7H6ClNO/c8-9-7(10)6-4-2-1-3-5-6/h1-5H,(H,9,10). The molecule has 1 N–H and O–H groups in total. The molecule has 0 heterocycles. The molecule has 10 heavy (non-hydrogen) atoms. The molecule has 1 aromatic carbocycles. The van der Waals surface area contributed by atoms with E-state index < -0.39 is 0 Å². The van der Waals surface area contributed by atoms with Gasteiger partial charge in [-0.1, -0.05) is 18.2 Å². The van der Waals surface area contributed by atoms with Crippen LogP contribution in [-0.2, 0) is 0 Å². The second-order valence-electron chi connectivity index (χ2n) is 1.79. The quantitative estimate of drug-likeness (QED) is 0.613. The van der Waals surface area contributed by atoms with Crippen LogP contribution in [0.3, 0.4) is 0 Å². The molecule has 1 rings (SSSR count). The molecule has 52 valence electrons. The first-order valence-corrected chi connectivity index (χ1v) is 3.18. The highest BCUT2D eigenvalue weighted by Gasteiger charge is 1.99. The number of rotatable bonds is 1. The number of hydrogen-bond acceptors (Lipinski definition) is 1. The first-order chi connectivity index (χ1) is 4.84. The van der Waals surface area contributed by atoms with Crippen LogP contribution in [0.2, 0.25) is 0 Å². The lowest BCUT2D eigenvalue weighted by Crippen LogP contribution is -2.11. The summed E-state index contributed by atoms with van der Waals surface area (Å²) in [5, 5.41) is 0. The predicted octanol–water partition coefficient (Wildman–Crippen LogP) is 1.57. The predicted molar refractivity (Wildman–Crippen MR) is 39.8 cm³/mol. The molecule has 0 aliphatic carbocycles. The van der Waals surface area contributed by atoms with E-state index in [-0.39, 0.29) is 5.91 Å². The lowest BCUT2D eigenvalue weighted by Gasteiger charge is -1.94. The molecule has 0 fully saturated rings. The van der Waals surface area contributed by atoms with Gasteiger partial charge in [-0.3, -0.25) is 9.63 Å². The van der Waals surface area contributed by atoms with Crippen molar-refractivity contribution in [1.29, 1.82) is 0 Å². The first kappa shape index (κ1) is 7.09. The normalized spacial score (nSPS) is 8.90. The molecule has 0 bridgehead atoms. The van der Waals surface area contributed by atoms with Gasteiger partial charge in [0.2, 0.25) is 0 Å². The fraction of sp³-hybridized carbons (Fsp3) is 0. The molecule has 1 aromatic rings. The minimum Gasteiger partial charge on any atom is -0.268 e. The second-order valence-corrected chi connectivity index (χ2v) is 1.98. The molecule has 0 saturated heterocycles. The lowest BCUT2D eigenvalue weighted by molar-refractivity contribution is 0.0982. The number of carbonyl (C=O) groups is 1. The van der Waals surface area contributed by atoms with Gasteiger partial charge in [-0.25, -0.2) is 0 Å². The number of carbonyl (C=O) groups excluding carboxylic acids is 1. The summed E-state index contributed by atoms with van der Waals surface area (Å²) in [6.45, 7) is 0. The van der Waals surface area contributed by atoms with Crippen molar-refractivity contribution in [1.82, 2.24) is 4.84 Å². The van der Waals surface area contributed by atoms with E-state index in [9.17, 15) is 4.79 Å². The van der Waals surface area contributed by atoms with E-state index in [2.05, 4.69) is 0 Å². The molecule has 2 nitrogen and oxygen atoms in total. The number of hydrogen-bond donors (Lipinski definition) is 1. The van der Waals surface area contributed by atoms with Gasteiger partial charge in [-0.15, -0.1) is 0 Å². The van der Waals surface area contributed by atoms with Gasteiger partial charge >= 0.3 is 0 Å². The van der Waals surface area contributed by atoms with Crippen molar-refractivity contribution in [2.24, 2.45) is 0 Å². The van der Waals surface area contributed by atoms with Gasteiger partial charge in [0.25, 0.3) is 5.91 Å². The Labute approximate surface area is 63.9 Å². The number of benzene rings is 1. The third kappa shape index (κ3) is 1.48. The molecule has 0 aromatic heterocycles. The molecule has 0 aliphatic rings. The third-order valence-electron chi connectivity index (χ3n) is 1.12. The van der Waals surface area contributed by atoms with E-state index in [4.69, 9.17) is 11.8 Å². The molecule has 0 radical (unpaired) electrons. The second kappa shape index (κ2) is 3.22. The van der Waals surface area contributed by atoms with Gasteiger partial charge < -0.3 is 0 Å². The van der Waals surface area contributed by atoms with Crippen molar-refractivity contribution >= 4 is 17.7 Å². The van der Waals surface area contributed by atoms with Crippen LogP contribution in [-0.4, -0.2) is 5.91 Å². The Hall–Kier alpha value is -1.02. The van der Waals surface area contributed by atoms with Crippen molar-refractivity contribution in [3.05, 3.63) is 35.9 Å². The zero-order chi connectivity index (χ0) is 7.40. The Bertz CT molecular complexity index is 222. The summed E-state index contributed by atoms with van der Waals surface area (Å²) in [6.07, 6.45) is 0. The SMILES string of the molecule is O=C(NCl)c1ccccc1. The van der Waals surface area contributed by atoms with Crippen LogP contribution < -0.4 is 4.84 Å². The van der Waals surface area contributed by atoms with Crippen LogP contribution in [0, 0.1) is 0 Å². The van der Waals surface area contributed by atoms with Crippen LogP contribution in [0.1, 0.15) is 10.4 Å². The molecule has 3 heteroatoms. The summed E-state index contributed by atoms with van der Waals surface area (Å²) in [7, 11) is 0. The van der Waals surface area contributed by atoms with Gasteiger partial charge in [0.15, 0.2) is 0 Å². The van der Waals surface area contributed by atoms with E-state index in [0.29, 0.717) is 5.56 Å². The molecular weight excluding hydrogens is 150 g/mol. The summed E-state index contributed by atoms with van der Waals surface area (Å²) in [5.41, 5.74) is 0.567. The van der Waals surface area contributed by atoms with Crippen molar-refractivity contribution in [2.75, 3.05) is 0 Å². The number of nitrogens with one attached hydrogen (secondary N) is 1. The maximum Gasteiger partial charge on any atom is 0.265 e. The fourth-order valence-electron chi connectivity index (χ4n) is 0.644. The summed E-state index contributed by atoms with van der Waals surface area (Å²) >= 11 is 5.09. The van der Waals surface area contributed by atoms with E-state index >= 15 is 0 Å². The van der Waals surface area contributed by atoms with Crippen LogP contribution in [0.15, 0.2) is 30.3 Å². The zero-order valence-electron chi connectivity index (χ0n) is 5.17. The highest BCUT2D eigenvalue weighted by molar-refractivity contribution is 6.24. The Morgan fingerprint density at radius 2 is 1.90 bits per heavy atom. The Balaban J connectivity index is 2.85. The highest BCUT2D eigenvalue weighted by Crippen LogP contribution is 1.97. The van der Waals surface area contributed by atoms with E-state index in [0.717, 1.165) is 0 Å². The minimum atomic E-state index is -0.276. The average Bonchev–Trinajstić information content (AvgIpc) is 2.05. The minimum absolute atomic E-state index is 0.276. The smallest absolute Gasteiger partial charge is 0.265 e. The molecule has 1 amide bonds.